The lowest BCUT2D eigenvalue weighted by Crippen LogP contribution is -2.35. The maximum atomic E-state index is 13.2. The van der Waals surface area contributed by atoms with Crippen LogP contribution in [0.15, 0.2) is 47.8 Å². The largest absolute Gasteiger partial charge is 0.444 e. The highest BCUT2D eigenvalue weighted by Gasteiger charge is 2.23. The van der Waals surface area contributed by atoms with Crippen molar-refractivity contribution in [1.29, 1.82) is 0 Å². The van der Waals surface area contributed by atoms with E-state index in [0.29, 0.717) is 18.6 Å². The van der Waals surface area contributed by atoms with Crippen molar-refractivity contribution in [2.75, 3.05) is 24.8 Å². The molecule has 1 atom stereocenters. The lowest BCUT2D eigenvalue weighted by Gasteiger charge is -2.24. The van der Waals surface area contributed by atoms with Crippen molar-refractivity contribution < 1.29 is 19.1 Å². The molecule has 3 rings (SSSR count). The lowest BCUT2D eigenvalue weighted by atomic mass is 10.1. The van der Waals surface area contributed by atoms with E-state index in [1.807, 2.05) is 0 Å². The summed E-state index contributed by atoms with van der Waals surface area (Å²) in [4.78, 5) is 46.9. The van der Waals surface area contributed by atoms with Gasteiger partial charge in [0.2, 0.25) is 0 Å². The molecular formula is C25H28Cl2N6O5. The van der Waals surface area contributed by atoms with Crippen LogP contribution in [0, 0.1) is 0 Å². The number of anilines is 2. The predicted molar refractivity (Wildman–Crippen MR) is 145 cm³/mol. The second-order valence-corrected chi connectivity index (χ2v) is 10.0. The van der Waals surface area contributed by atoms with Gasteiger partial charge in [-0.15, -0.1) is 0 Å². The Balaban J connectivity index is 1.90. The zero-order chi connectivity index (χ0) is 28.0. The third-order valence-corrected chi connectivity index (χ3v) is 5.74. The van der Waals surface area contributed by atoms with Crippen LogP contribution in [0.5, 0.6) is 0 Å². The molecule has 0 aliphatic carbocycles. The van der Waals surface area contributed by atoms with Crippen molar-refractivity contribution in [3.8, 4) is 5.69 Å². The second kappa shape index (κ2) is 12.2. The number of carbonyl (C=O) groups excluding carboxylic acids is 2. The SMILES string of the molecule is COCC[C@H](NC(=O)OC(C)(C)C)c1cncc(NC(=O)c2c(N)ncn(-c3c(Cl)cccc3Cl)c2=O)c1. The zero-order valence-electron chi connectivity index (χ0n) is 21.2. The van der Waals surface area contributed by atoms with Gasteiger partial charge in [0, 0.05) is 19.9 Å². The van der Waals surface area contributed by atoms with Gasteiger partial charge in [-0.1, -0.05) is 29.3 Å². The van der Waals surface area contributed by atoms with Crippen LogP contribution in [0.3, 0.4) is 0 Å². The fourth-order valence-electron chi connectivity index (χ4n) is 3.48. The molecule has 4 N–H and O–H groups in total. The lowest BCUT2D eigenvalue weighted by molar-refractivity contribution is 0.0492. The summed E-state index contributed by atoms with van der Waals surface area (Å²) >= 11 is 12.5. The van der Waals surface area contributed by atoms with Crippen LogP contribution in [0.1, 0.15) is 49.2 Å². The standard InChI is InChI=1S/C25H28Cl2N6O5/c1-25(2,3)38-24(36)32-18(8-9-37-4)14-10-15(12-29-11-14)31-22(34)19-21(28)30-13-33(23(19)35)20-16(26)6-5-7-17(20)27/h5-7,10-13,18H,8-9,28H2,1-4H3,(H,31,34)(H,32,36)/t18-/m0/s1. The number of hydrogen-bond acceptors (Lipinski definition) is 8. The van der Waals surface area contributed by atoms with E-state index in [4.69, 9.17) is 38.4 Å². The van der Waals surface area contributed by atoms with E-state index < -0.39 is 34.8 Å². The summed E-state index contributed by atoms with van der Waals surface area (Å²) in [7, 11) is 1.54. The summed E-state index contributed by atoms with van der Waals surface area (Å²) in [5, 5.41) is 5.78. The van der Waals surface area contributed by atoms with Gasteiger partial charge < -0.3 is 25.8 Å². The van der Waals surface area contributed by atoms with Crippen molar-refractivity contribution in [3.63, 3.8) is 0 Å². The minimum Gasteiger partial charge on any atom is -0.444 e. The van der Waals surface area contributed by atoms with E-state index >= 15 is 0 Å². The molecule has 2 amide bonds. The Morgan fingerprint density at radius 2 is 1.87 bits per heavy atom. The number of benzene rings is 1. The Morgan fingerprint density at radius 3 is 2.50 bits per heavy atom. The van der Waals surface area contributed by atoms with E-state index in [1.165, 1.54) is 12.4 Å². The molecule has 0 saturated heterocycles. The molecule has 0 radical (unpaired) electrons. The van der Waals surface area contributed by atoms with Gasteiger partial charge in [-0.3, -0.25) is 19.1 Å². The molecule has 0 saturated carbocycles. The minimum atomic E-state index is -0.815. The number of methoxy groups -OCH3 is 1. The summed E-state index contributed by atoms with van der Waals surface area (Å²) < 4.78 is 11.6. The maximum Gasteiger partial charge on any atom is 0.408 e. The number of halogens is 2. The van der Waals surface area contributed by atoms with Gasteiger partial charge in [0.1, 0.15) is 23.3 Å². The number of rotatable bonds is 8. The van der Waals surface area contributed by atoms with Crippen LogP contribution in [-0.4, -0.2) is 45.9 Å². The van der Waals surface area contributed by atoms with Gasteiger partial charge in [0.05, 0.1) is 33.7 Å². The quantitative estimate of drug-likeness (QED) is 0.366. The number of hydrogen-bond donors (Lipinski definition) is 3. The van der Waals surface area contributed by atoms with E-state index in [0.717, 1.165) is 10.9 Å². The van der Waals surface area contributed by atoms with Crippen LogP contribution in [-0.2, 0) is 9.47 Å². The predicted octanol–water partition coefficient (Wildman–Crippen LogP) is 4.37. The molecule has 2 aromatic heterocycles. The summed E-state index contributed by atoms with van der Waals surface area (Å²) in [6.07, 6.45) is 3.87. The van der Waals surface area contributed by atoms with Crippen molar-refractivity contribution in [3.05, 3.63) is 74.5 Å². The van der Waals surface area contributed by atoms with Crippen molar-refractivity contribution >= 4 is 46.7 Å². The molecule has 11 nitrogen and oxygen atoms in total. The molecule has 0 aliphatic rings. The highest BCUT2D eigenvalue weighted by molar-refractivity contribution is 6.37. The molecule has 13 heteroatoms. The Kier molecular flexibility index (Phi) is 9.31. The molecule has 1 aromatic carbocycles. The summed E-state index contributed by atoms with van der Waals surface area (Å²) in [5.41, 5.74) is 5.03. The Morgan fingerprint density at radius 1 is 1.18 bits per heavy atom. The minimum absolute atomic E-state index is 0.167. The van der Waals surface area contributed by atoms with E-state index in [2.05, 4.69) is 20.6 Å². The first-order valence-electron chi connectivity index (χ1n) is 11.5. The normalized spacial score (nSPS) is 12.1. The first-order chi connectivity index (χ1) is 17.9. The Labute approximate surface area is 229 Å². The molecule has 0 aliphatic heterocycles. The second-order valence-electron chi connectivity index (χ2n) is 9.19. The molecule has 0 bridgehead atoms. The smallest absolute Gasteiger partial charge is 0.408 e. The number of nitrogens with one attached hydrogen (secondary N) is 2. The van der Waals surface area contributed by atoms with E-state index in [9.17, 15) is 14.4 Å². The number of carbonyl (C=O) groups is 2. The number of ether oxygens (including phenoxy) is 2. The summed E-state index contributed by atoms with van der Waals surface area (Å²) in [6, 6.07) is 5.80. The molecular weight excluding hydrogens is 535 g/mol. The molecule has 0 spiro atoms. The number of pyridine rings is 1. The average Bonchev–Trinajstić information content (AvgIpc) is 2.82. The van der Waals surface area contributed by atoms with E-state index in [1.54, 1.807) is 52.1 Å². The van der Waals surface area contributed by atoms with Crippen molar-refractivity contribution in [2.24, 2.45) is 0 Å². The average molecular weight is 563 g/mol. The van der Waals surface area contributed by atoms with Crippen LogP contribution in [0.4, 0.5) is 16.3 Å². The van der Waals surface area contributed by atoms with Crippen LogP contribution < -0.4 is 21.9 Å². The number of nitrogens with zero attached hydrogens (tertiary/aromatic N) is 3. The molecule has 3 aromatic rings. The van der Waals surface area contributed by atoms with Gasteiger partial charge >= 0.3 is 6.09 Å². The van der Waals surface area contributed by atoms with Gasteiger partial charge in [-0.25, -0.2) is 9.78 Å². The van der Waals surface area contributed by atoms with E-state index in [-0.39, 0.29) is 27.2 Å². The van der Waals surface area contributed by atoms with Gasteiger partial charge in [0.15, 0.2) is 0 Å². The molecule has 0 unspecified atom stereocenters. The fraction of sp³-hybridized carbons (Fsp3) is 0.320. The first kappa shape index (κ1) is 28.9. The third-order valence-electron chi connectivity index (χ3n) is 5.13. The number of amides is 2. The third kappa shape index (κ3) is 7.21. The van der Waals surface area contributed by atoms with Gasteiger partial charge in [-0.2, -0.15) is 0 Å². The molecule has 202 valence electrons. The highest BCUT2D eigenvalue weighted by atomic mass is 35.5. The van der Waals surface area contributed by atoms with Crippen LogP contribution in [0.2, 0.25) is 10.0 Å². The first-order valence-corrected chi connectivity index (χ1v) is 12.2. The number of nitrogens with two attached hydrogens (primary N) is 1. The highest BCUT2D eigenvalue weighted by Crippen LogP contribution is 2.27. The molecule has 38 heavy (non-hydrogen) atoms. The number of alkyl carbamates (subject to hydrolysis) is 1. The number of nitrogen functional groups attached to an aromatic ring is 1. The monoisotopic (exact) mass is 562 g/mol. The number of para-hydroxylation sites is 1. The van der Waals surface area contributed by atoms with Gasteiger partial charge in [-0.05, 0) is 51.0 Å². The van der Waals surface area contributed by atoms with Crippen LogP contribution >= 0.6 is 23.2 Å². The fourth-order valence-corrected chi connectivity index (χ4v) is 4.06. The van der Waals surface area contributed by atoms with Crippen LogP contribution in [0.25, 0.3) is 5.69 Å². The topological polar surface area (TPSA) is 150 Å². The number of aromatic nitrogens is 3. The zero-order valence-corrected chi connectivity index (χ0v) is 22.8. The van der Waals surface area contributed by atoms with Crippen molar-refractivity contribution in [2.45, 2.75) is 38.8 Å². The summed E-state index contributed by atoms with van der Waals surface area (Å²) in [5.74, 6) is -1.09. The molecule has 2 heterocycles. The maximum absolute atomic E-state index is 13.2. The Bertz CT molecular complexity index is 1370. The molecule has 0 fully saturated rings. The van der Waals surface area contributed by atoms with Crippen molar-refractivity contribution in [1.82, 2.24) is 19.9 Å². The Hall–Kier alpha value is -3.67. The van der Waals surface area contributed by atoms with Gasteiger partial charge in [0.25, 0.3) is 11.5 Å². The summed E-state index contributed by atoms with van der Waals surface area (Å²) in [6.45, 7) is 5.61.